The van der Waals surface area contributed by atoms with Gasteiger partial charge in [0.15, 0.2) is 0 Å². The Kier molecular flexibility index (Phi) is 11.8. The van der Waals surface area contributed by atoms with E-state index in [2.05, 4.69) is 34.4 Å². The van der Waals surface area contributed by atoms with Gasteiger partial charge in [-0.15, -0.1) is 13.2 Å². The maximum absolute atomic E-state index is 15.0. The number of aliphatic hydroxyl groups is 1. The molecular formula is C41H46BrN3O8. The number of alkyl halides is 1. The van der Waals surface area contributed by atoms with E-state index in [-0.39, 0.29) is 36.7 Å². The summed E-state index contributed by atoms with van der Waals surface area (Å²) >= 11 is 3.73. The van der Waals surface area contributed by atoms with E-state index >= 15 is 0 Å². The highest BCUT2D eigenvalue weighted by Gasteiger charge is 2.77. The lowest BCUT2D eigenvalue weighted by Crippen LogP contribution is -2.58. The standard InChI is InChI=1S/C41H46BrN3O8/c1-5-7-17-32(47)43-31(24-51-4)35(27-14-9-8-10-15-27)52-40(50)33-34-38(48)45(25(3)23-46)37(41(34)22-30(42)36(33)53-41)39(49)44(20-6-2)29-19-18-26-13-11-12-16-28(26)21-29/h5-6,8-16,18-19,21,25,30-31,33-37,46H,1-2,7,17,20,22-24H2,3-4H3,(H,43,47)/t25-,30?,31-,33-,34+,35-,36-,37-,41+/m1/s1. The van der Waals surface area contributed by atoms with E-state index in [0.29, 0.717) is 17.7 Å². The Morgan fingerprint density at radius 3 is 2.49 bits per heavy atom. The zero-order valence-electron chi connectivity index (χ0n) is 29.9. The number of amides is 3. The van der Waals surface area contributed by atoms with Crippen molar-refractivity contribution >= 4 is 56.1 Å². The van der Waals surface area contributed by atoms with E-state index in [1.165, 1.54) is 12.0 Å². The first-order valence-corrected chi connectivity index (χ1v) is 18.8. The summed E-state index contributed by atoms with van der Waals surface area (Å²) in [6.45, 7) is 9.04. The molecule has 3 aliphatic rings. The molecule has 0 saturated carbocycles. The summed E-state index contributed by atoms with van der Waals surface area (Å²) in [6, 6.07) is 19.9. The van der Waals surface area contributed by atoms with Crippen LogP contribution in [0.1, 0.15) is 37.9 Å². The highest BCUT2D eigenvalue weighted by atomic mass is 79.9. The van der Waals surface area contributed by atoms with Crippen LogP contribution in [0.4, 0.5) is 5.69 Å². The topological polar surface area (TPSA) is 135 Å². The fraction of sp³-hybridized carbons (Fsp3) is 0.415. The van der Waals surface area contributed by atoms with Crippen LogP contribution in [0.3, 0.4) is 0 Å². The van der Waals surface area contributed by atoms with Gasteiger partial charge in [-0.25, -0.2) is 0 Å². The van der Waals surface area contributed by atoms with E-state index in [9.17, 15) is 24.3 Å². The zero-order chi connectivity index (χ0) is 37.9. The van der Waals surface area contributed by atoms with Gasteiger partial charge >= 0.3 is 5.97 Å². The molecule has 3 saturated heterocycles. The number of hydrogen-bond acceptors (Lipinski definition) is 8. The van der Waals surface area contributed by atoms with Crippen LogP contribution in [0.5, 0.6) is 0 Å². The number of nitrogens with one attached hydrogen (secondary N) is 1. The molecule has 6 rings (SSSR count). The number of aliphatic hydroxyl groups excluding tert-OH is 1. The Morgan fingerprint density at radius 2 is 1.81 bits per heavy atom. The molecule has 11 nitrogen and oxygen atoms in total. The van der Waals surface area contributed by atoms with Gasteiger partial charge in [0.2, 0.25) is 11.8 Å². The Morgan fingerprint density at radius 1 is 1.09 bits per heavy atom. The molecule has 1 spiro atoms. The van der Waals surface area contributed by atoms with Crippen LogP contribution in [0, 0.1) is 11.8 Å². The molecule has 2 bridgehead atoms. The molecule has 3 aromatic carbocycles. The second-order valence-electron chi connectivity index (χ2n) is 13.9. The number of ether oxygens (including phenoxy) is 3. The van der Waals surface area contributed by atoms with Gasteiger partial charge in [-0.1, -0.05) is 88.7 Å². The number of esters is 1. The first kappa shape index (κ1) is 38.4. The van der Waals surface area contributed by atoms with Crippen molar-refractivity contribution in [1.29, 1.82) is 0 Å². The number of carbonyl (C=O) groups excluding carboxylic acids is 4. The zero-order valence-corrected chi connectivity index (χ0v) is 31.5. The number of nitrogens with zero attached hydrogens (tertiary/aromatic N) is 2. The number of hydrogen-bond donors (Lipinski definition) is 2. The summed E-state index contributed by atoms with van der Waals surface area (Å²) < 4.78 is 18.5. The number of fused-ring (bicyclic) bond motifs is 2. The SMILES string of the molecule is C=CCCC(=O)N[C@H](COC)[C@H](OC(=O)[C@H]1[C@@H]2O[C@@]3(CC2Br)[C@@H]1C(=O)N([C@H](C)CO)[C@@H]3C(=O)N(CC=C)c1ccc2ccccc2c1)c1ccccc1. The summed E-state index contributed by atoms with van der Waals surface area (Å²) in [6.07, 6.45) is 2.44. The first-order valence-electron chi connectivity index (χ1n) is 17.9. The lowest BCUT2D eigenvalue weighted by atomic mass is 9.70. The monoisotopic (exact) mass is 787 g/mol. The van der Waals surface area contributed by atoms with Crippen molar-refractivity contribution in [1.82, 2.24) is 10.2 Å². The van der Waals surface area contributed by atoms with Crippen LogP contribution in [0.15, 0.2) is 98.1 Å². The first-order chi connectivity index (χ1) is 25.6. The average molecular weight is 789 g/mol. The summed E-state index contributed by atoms with van der Waals surface area (Å²) in [4.78, 5) is 59.8. The Labute approximate surface area is 318 Å². The molecular weight excluding hydrogens is 742 g/mol. The Balaban J connectivity index is 1.37. The van der Waals surface area contributed by atoms with Gasteiger partial charge in [-0.05, 0) is 48.2 Å². The van der Waals surface area contributed by atoms with E-state index in [0.717, 1.165) is 10.8 Å². The minimum Gasteiger partial charge on any atom is -0.455 e. The smallest absolute Gasteiger partial charge is 0.313 e. The second-order valence-corrected chi connectivity index (χ2v) is 15.1. The fourth-order valence-electron chi connectivity index (χ4n) is 8.25. The molecule has 1 unspecified atom stereocenters. The second kappa shape index (κ2) is 16.3. The highest BCUT2D eigenvalue weighted by molar-refractivity contribution is 9.09. The molecule has 3 aliphatic heterocycles. The third-order valence-corrected chi connectivity index (χ3v) is 11.4. The van der Waals surface area contributed by atoms with Gasteiger partial charge in [0, 0.05) is 30.6 Å². The predicted molar refractivity (Wildman–Crippen MR) is 204 cm³/mol. The third-order valence-electron chi connectivity index (χ3n) is 10.6. The predicted octanol–water partition coefficient (Wildman–Crippen LogP) is 4.87. The van der Waals surface area contributed by atoms with Gasteiger partial charge in [-0.2, -0.15) is 0 Å². The van der Waals surface area contributed by atoms with Gasteiger partial charge < -0.3 is 34.4 Å². The Bertz CT molecular complexity index is 1860. The largest absolute Gasteiger partial charge is 0.455 e. The van der Waals surface area contributed by atoms with Crippen molar-refractivity contribution in [2.75, 3.05) is 31.8 Å². The molecule has 2 N–H and O–H groups in total. The van der Waals surface area contributed by atoms with E-state index < -0.39 is 72.2 Å². The molecule has 12 heteroatoms. The third kappa shape index (κ3) is 7.17. The van der Waals surface area contributed by atoms with Crippen molar-refractivity contribution in [2.24, 2.45) is 11.8 Å². The molecule has 0 aliphatic carbocycles. The van der Waals surface area contributed by atoms with Crippen molar-refractivity contribution in [2.45, 2.75) is 66.9 Å². The number of likely N-dealkylation sites (tertiary alicyclic amines) is 1. The van der Waals surface area contributed by atoms with Crippen LogP contribution in [0.25, 0.3) is 10.8 Å². The van der Waals surface area contributed by atoms with Crippen molar-refractivity contribution in [3.63, 3.8) is 0 Å². The lowest BCUT2D eigenvalue weighted by molar-refractivity contribution is -0.163. The highest BCUT2D eigenvalue weighted by Crippen LogP contribution is 2.61. The quantitative estimate of drug-likeness (QED) is 0.119. The molecule has 0 radical (unpaired) electrons. The summed E-state index contributed by atoms with van der Waals surface area (Å²) in [7, 11) is 1.49. The van der Waals surface area contributed by atoms with Crippen LogP contribution >= 0.6 is 15.9 Å². The summed E-state index contributed by atoms with van der Waals surface area (Å²) in [5.74, 6) is -3.99. The molecule has 9 atom stereocenters. The maximum Gasteiger partial charge on any atom is 0.313 e. The number of rotatable bonds is 16. The molecule has 3 heterocycles. The lowest BCUT2D eigenvalue weighted by Gasteiger charge is -2.38. The van der Waals surface area contributed by atoms with Crippen LogP contribution in [-0.4, -0.2) is 95.2 Å². The molecule has 3 amide bonds. The molecule has 0 aromatic heterocycles. The normalized spacial score (nSPS) is 26.1. The maximum atomic E-state index is 15.0. The van der Waals surface area contributed by atoms with Gasteiger partial charge in [0.05, 0.1) is 43.2 Å². The average Bonchev–Trinajstić information content (AvgIpc) is 3.77. The van der Waals surface area contributed by atoms with Crippen LogP contribution < -0.4 is 10.2 Å². The molecule has 3 aromatic rings. The van der Waals surface area contributed by atoms with E-state index in [4.69, 9.17) is 14.2 Å². The summed E-state index contributed by atoms with van der Waals surface area (Å²) in [5.41, 5.74) is -0.164. The Hall–Kier alpha value is -4.36. The fourth-order valence-corrected chi connectivity index (χ4v) is 9.19. The van der Waals surface area contributed by atoms with E-state index in [1.807, 2.05) is 48.5 Å². The van der Waals surface area contributed by atoms with Crippen molar-refractivity contribution < 1.29 is 38.5 Å². The van der Waals surface area contributed by atoms with Crippen LogP contribution in [0.2, 0.25) is 0 Å². The summed E-state index contributed by atoms with van der Waals surface area (Å²) in [5, 5.41) is 15.3. The van der Waals surface area contributed by atoms with Crippen LogP contribution in [-0.2, 0) is 33.4 Å². The number of methoxy groups -OCH3 is 1. The number of allylic oxidation sites excluding steroid dienone is 1. The van der Waals surface area contributed by atoms with Gasteiger partial charge in [0.25, 0.3) is 5.91 Å². The van der Waals surface area contributed by atoms with Crippen molar-refractivity contribution in [3.8, 4) is 0 Å². The van der Waals surface area contributed by atoms with Gasteiger partial charge in [0.1, 0.15) is 17.7 Å². The molecule has 3 fully saturated rings. The van der Waals surface area contributed by atoms with E-state index in [1.54, 1.807) is 48.2 Å². The number of halogens is 1. The molecule has 280 valence electrons. The minimum atomic E-state index is -1.40. The minimum absolute atomic E-state index is 0.0386. The van der Waals surface area contributed by atoms with Crippen molar-refractivity contribution in [3.05, 3.63) is 104 Å². The van der Waals surface area contributed by atoms with Gasteiger partial charge in [-0.3, -0.25) is 19.2 Å². The number of carbonyl (C=O) groups is 4. The number of anilines is 1. The molecule has 53 heavy (non-hydrogen) atoms. The number of benzene rings is 3.